The molecule has 1 aromatic heterocycles. The Labute approximate surface area is 244 Å². The van der Waals surface area contributed by atoms with Crippen molar-refractivity contribution in [1.82, 2.24) is 10.3 Å². The molecule has 0 unspecified atom stereocenters. The molecule has 5 rings (SSSR count). The maximum Gasteiger partial charge on any atom is 0.249 e. The SMILES string of the molecule is CC(C)[C@@H](C#N)NC(=O)[C@@H]1C[C@@H](F)CC[C@H]1c1nc(C2CC(F)(F)C2)sc1-c1ccc(N2CCS(O)(O)CC2)cc1. The number of hydrogen-bond donors (Lipinski definition) is 3. The van der Waals surface area contributed by atoms with Gasteiger partial charge in [0.15, 0.2) is 0 Å². The number of anilines is 1. The molecule has 41 heavy (non-hydrogen) atoms. The van der Waals surface area contributed by atoms with E-state index in [-0.39, 0.29) is 43.4 Å². The van der Waals surface area contributed by atoms with Gasteiger partial charge in [0.1, 0.15) is 12.2 Å². The summed E-state index contributed by atoms with van der Waals surface area (Å²) >= 11 is 1.37. The molecule has 1 amide bonds. The first-order valence-electron chi connectivity index (χ1n) is 14.2. The van der Waals surface area contributed by atoms with E-state index in [9.17, 15) is 32.3 Å². The summed E-state index contributed by atoms with van der Waals surface area (Å²) in [7, 11) is -2.51. The Hall–Kier alpha value is -2.33. The van der Waals surface area contributed by atoms with E-state index in [0.29, 0.717) is 41.7 Å². The zero-order valence-corrected chi connectivity index (χ0v) is 24.9. The van der Waals surface area contributed by atoms with Crippen LogP contribution in [0.4, 0.5) is 18.9 Å². The summed E-state index contributed by atoms with van der Waals surface area (Å²) in [6.07, 6.45) is -0.962. The second kappa shape index (κ2) is 11.7. The first-order valence-corrected chi connectivity index (χ1v) is 16.9. The van der Waals surface area contributed by atoms with Gasteiger partial charge in [0.2, 0.25) is 11.8 Å². The summed E-state index contributed by atoms with van der Waals surface area (Å²) in [6.45, 7) is 4.75. The number of carbonyl (C=O) groups is 1. The Kier molecular flexibility index (Phi) is 8.63. The van der Waals surface area contributed by atoms with Gasteiger partial charge in [0.25, 0.3) is 0 Å². The Morgan fingerprint density at radius 3 is 2.44 bits per heavy atom. The fraction of sp³-hybridized carbons (Fsp3) is 0.621. The van der Waals surface area contributed by atoms with Crippen molar-refractivity contribution in [3.05, 3.63) is 35.0 Å². The summed E-state index contributed by atoms with van der Waals surface area (Å²) in [6, 6.07) is 9.21. The van der Waals surface area contributed by atoms with E-state index in [1.807, 2.05) is 38.1 Å². The molecule has 0 spiro atoms. The Morgan fingerprint density at radius 2 is 1.85 bits per heavy atom. The highest BCUT2D eigenvalue weighted by Crippen LogP contribution is 2.52. The molecular formula is C29H37F3N4O3S2. The molecule has 2 aromatic rings. The third kappa shape index (κ3) is 6.69. The number of halogens is 3. The molecule has 3 aliphatic rings. The molecule has 224 valence electrons. The van der Waals surface area contributed by atoms with Gasteiger partial charge < -0.3 is 10.2 Å². The van der Waals surface area contributed by atoms with Crippen molar-refractivity contribution >= 4 is 33.5 Å². The number of aromatic nitrogens is 1. The maximum absolute atomic E-state index is 14.7. The van der Waals surface area contributed by atoms with E-state index in [2.05, 4.69) is 16.3 Å². The van der Waals surface area contributed by atoms with Crippen LogP contribution in [-0.2, 0) is 4.79 Å². The first kappa shape index (κ1) is 30.1. The zero-order chi connectivity index (χ0) is 29.5. The molecule has 12 heteroatoms. The standard InChI is InChI=1S/C29H37F3N4O3S2/c1-17(2)24(16-33)34-27(37)23-13-20(30)5-8-22(23)25-26(40-28(35-25)19-14-29(31,32)15-19)18-3-6-21(7-4-18)36-9-11-41(38,39)12-10-36/h3-4,6-7,17,19-20,22-24,38-39H,5,8-15H2,1-2H3,(H,34,37)/t20-,22+,23+,24+/m0/s1. The lowest BCUT2D eigenvalue weighted by molar-refractivity contribution is -0.128. The van der Waals surface area contributed by atoms with Gasteiger partial charge in [-0.25, -0.2) is 18.2 Å². The van der Waals surface area contributed by atoms with E-state index in [4.69, 9.17) is 4.98 Å². The monoisotopic (exact) mass is 610 g/mol. The van der Waals surface area contributed by atoms with Crippen molar-refractivity contribution in [2.24, 2.45) is 11.8 Å². The summed E-state index contributed by atoms with van der Waals surface area (Å²) in [4.78, 5) is 21.2. The second-order valence-corrected chi connectivity index (χ2v) is 15.4. The van der Waals surface area contributed by atoms with Gasteiger partial charge in [-0.2, -0.15) is 15.9 Å². The first-order chi connectivity index (χ1) is 19.4. The quantitative estimate of drug-likeness (QED) is 0.319. The van der Waals surface area contributed by atoms with Crippen LogP contribution < -0.4 is 10.2 Å². The highest BCUT2D eigenvalue weighted by Gasteiger charge is 2.48. The van der Waals surface area contributed by atoms with Crippen LogP contribution in [0.15, 0.2) is 24.3 Å². The topological polar surface area (TPSA) is 109 Å². The van der Waals surface area contributed by atoms with E-state index in [1.165, 1.54) is 11.3 Å². The van der Waals surface area contributed by atoms with Gasteiger partial charge in [-0.3, -0.25) is 13.9 Å². The number of nitrogens with one attached hydrogen (secondary N) is 1. The van der Waals surface area contributed by atoms with Crippen LogP contribution in [0.2, 0.25) is 0 Å². The van der Waals surface area contributed by atoms with Crippen LogP contribution >= 0.6 is 21.9 Å². The average Bonchev–Trinajstić information content (AvgIpc) is 3.35. The van der Waals surface area contributed by atoms with E-state index in [0.717, 1.165) is 16.1 Å². The van der Waals surface area contributed by atoms with Gasteiger partial charge in [-0.1, -0.05) is 26.0 Å². The van der Waals surface area contributed by atoms with Gasteiger partial charge in [-0.05, 0) is 42.9 Å². The number of hydrogen-bond acceptors (Lipinski definition) is 7. The summed E-state index contributed by atoms with van der Waals surface area (Å²) in [5.41, 5.74) is 2.43. The smallest absolute Gasteiger partial charge is 0.249 e. The predicted octanol–water partition coefficient (Wildman–Crippen LogP) is 6.78. The second-order valence-electron chi connectivity index (χ2n) is 12.0. The molecular weight excluding hydrogens is 573 g/mol. The third-order valence-corrected chi connectivity index (χ3v) is 11.5. The van der Waals surface area contributed by atoms with Crippen LogP contribution in [0, 0.1) is 23.2 Å². The molecule has 2 aliphatic carbocycles. The number of benzene rings is 1. The van der Waals surface area contributed by atoms with Gasteiger partial charge >= 0.3 is 0 Å². The molecule has 3 N–H and O–H groups in total. The summed E-state index contributed by atoms with van der Waals surface area (Å²) in [5.74, 6) is -4.02. The number of alkyl halides is 3. The van der Waals surface area contributed by atoms with Crippen molar-refractivity contribution in [1.29, 1.82) is 5.26 Å². The van der Waals surface area contributed by atoms with Crippen LogP contribution in [0.1, 0.15) is 68.5 Å². The van der Waals surface area contributed by atoms with Crippen LogP contribution in [0.3, 0.4) is 0 Å². The highest BCUT2D eigenvalue weighted by atomic mass is 32.3. The van der Waals surface area contributed by atoms with E-state index >= 15 is 0 Å². The third-order valence-electron chi connectivity index (χ3n) is 8.56. The number of amides is 1. The number of nitrogens with zero attached hydrogens (tertiary/aromatic N) is 3. The Morgan fingerprint density at radius 1 is 1.20 bits per heavy atom. The minimum Gasteiger partial charge on any atom is -0.368 e. The number of rotatable bonds is 7. The number of thiazole rings is 1. The average molecular weight is 611 g/mol. The molecule has 1 saturated heterocycles. The fourth-order valence-corrected chi connectivity index (χ4v) is 8.44. The largest absolute Gasteiger partial charge is 0.368 e. The summed E-state index contributed by atoms with van der Waals surface area (Å²) < 4.78 is 62.1. The molecule has 2 saturated carbocycles. The minimum atomic E-state index is -2.70. The van der Waals surface area contributed by atoms with Crippen molar-refractivity contribution in [3.63, 3.8) is 0 Å². The van der Waals surface area contributed by atoms with Crippen molar-refractivity contribution in [2.75, 3.05) is 29.5 Å². The molecule has 1 aromatic carbocycles. The minimum absolute atomic E-state index is 0.0215. The lowest BCUT2D eigenvalue weighted by Crippen LogP contribution is -2.44. The van der Waals surface area contributed by atoms with Crippen LogP contribution in [0.25, 0.3) is 10.4 Å². The summed E-state index contributed by atoms with van der Waals surface area (Å²) in [5, 5.41) is 12.9. The lowest BCUT2D eigenvalue weighted by atomic mass is 9.75. The van der Waals surface area contributed by atoms with E-state index < -0.39 is 40.6 Å². The van der Waals surface area contributed by atoms with Gasteiger partial charge in [0, 0.05) is 49.4 Å². The predicted molar refractivity (Wildman–Crippen MR) is 157 cm³/mol. The van der Waals surface area contributed by atoms with Crippen LogP contribution in [-0.4, -0.2) is 62.7 Å². The molecule has 4 atom stereocenters. The van der Waals surface area contributed by atoms with Crippen molar-refractivity contribution in [2.45, 2.75) is 75.9 Å². The van der Waals surface area contributed by atoms with Crippen molar-refractivity contribution in [3.8, 4) is 16.5 Å². The molecule has 0 radical (unpaired) electrons. The maximum atomic E-state index is 14.7. The highest BCUT2D eigenvalue weighted by molar-refractivity contribution is 8.24. The molecule has 0 bridgehead atoms. The molecule has 3 fully saturated rings. The number of carbonyl (C=O) groups excluding carboxylic acids is 1. The van der Waals surface area contributed by atoms with Gasteiger partial charge in [-0.15, -0.1) is 11.3 Å². The van der Waals surface area contributed by atoms with Crippen molar-refractivity contribution < 1.29 is 27.1 Å². The normalized spacial score (nSPS) is 27.5. The molecule has 1 aliphatic heterocycles. The fourth-order valence-electron chi connectivity index (χ4n) is 5.97. The van der Waals surface area contributed by atoms with Crippen LogP contribution in [0.5, 0.6) is 0 Å². The lowest BCUT2D eigenvalue weighted by Gasteiger charge is -2.41. The molecule has 7 nitrogen and oxygen atoms in total. The number of nitriles is 1. The molecule has 2 heterocycles. The Balaban J connectivity index is 1.46. The zero-order valence-electron chi connectivity index (χ0n) is 23.2. The Bertz CT molecular complexity index is 1280. The van der Waals surface area contributed by atoms with E-state index in [1.54, 1.807) is 0 Å². The van der Waals surface area contributed by atoms with Gasteiger partial charge in [0.05, 0.1) is 33.2 Å².